The van der Waals surface area contributed by atoms with Crippen LogP contribution in [-0.2, 0) is 14.2 Å². The zero-order chi connectivity index (χ0) is 32.4. The average molecular weight is 653 g/mol. The van der Waals surface area contributed by atoms with Gasteiger partial charge in [-0.25, -0.2) is 0 Å². The number of aliphatic hydroxyl groups is 4. The largest absolute Gasteiger partial charge is 0.394 e. The second-order valence-electron chi connectivity index (χ2n) is 16.2. The molecule has 8 heteroatoms. The second-order valence-corrected chi connectivity index (χ2v) is 17.4. The number of hydrogen-bond acceptors (Lipinski definition) is 8. The van der Waals surface area contributed by atoms with Gasteiger partial charge in [-0.2, -0.15) is 0 Å². The van der Waals surface area contributed by atoms with Crippen molar-refractivity contribution >= 4 is 11.8 Å². The van der Waals surface area contributed by atoms with Gasteiger partial charge in [0, 0.05) is 5.75 Å². The van der Waals surface area contributed by atoms with E-state index in [2.05, 4.69) is 40.7 Å². The van der Waals surface area contributed by atoms with Crippen molar-refractivity contribution in [2.24, 2.45) is 46.3 Å². The van der Waals surface area contributed by atoms with Gasteiger partial charge in [0.25, 0.3) is 0 Å². The Morgan fingerprint density at radius 2 is 1.73 bits per heavy atom. The molecule has 260 valence electrons. The van der Waals surface area contributed by atoms with E-state index in [1.165, 1.54) is 69.5 Å². The van der Waals surface area contributed by atoms with Crippen LogP contribution in [0, 0.1) is 46.3 Å². The fourth-order valence-corrected chi connectivity index (χ4v) is 11.6. The Kier molecular flexibility index (Phi) is 12.5. The maximum Gasteiger partial charge on any atom is 0.132 e. The zero-order valence-corrected chi connectivity index (χ0v) is 29.6. The lowest BCUT2D eigenvalue weighted by Gasteiger charge is -2.58. The van der Waals surface area contributed by atoms with E-state index in [0.717, 1.165) is 48.3 Å². The summed E-state index contributed by atoms with van der Waals surface area (Å²) >= 11 is 1.32. The number of hydrogen-bond donors (Lipinski definition) is 4. The first-order chi connectivity index (χ1) is 21.5. The molecule has 1 saturated heterocycles. The highest BCUT2D eigenvalue weighted by Crippen LogP contribution is 2.67. The summed E-state index contributed by atoms with van der Waals surface area (Å²) in [7, 11) is 0. The normalized spacial score (nSPS) is 43.8. The van der Waals surface area contributed by atoms with Crippen molar-refractivity contribution in [3.63, 3.8) is 0 Å². The van der Waals surface area contributed by atoms with Crippen molar-refractivity contribution < 1.29 is 34.6 Å². The lowest BCUT2D eigenvalue weighted by molar-refractivity contribution is -0.205. The maximum absolute atomic E-state index is 10.2. The Labute approximate surface area is 277 Å². The second kappa shape index (κ2) is 15.6. The van der Waals surface area contributed by atoms with E-state index in [1.807, 2.05) is 0 Å². The molecule has 0 amide bonds. The molecule has 13 atom stereocenters. The molecule has 0 bridgehead atoms. The molecule has 4 fully saturated rings. The zero-order valence-electron chi connectivity index (χ0n) is 28.7. The van der Waals surface area contributed by atoms with Crippen molar-refractivity contribution in [1.82, 2.24) is 0 Å². The molecule has 5 rings (SSSR count). The van der Waals surface area contributed by atoms with Gasteiger partial charge in [-0.05, 0) is 97.7 Å². The fourth-order valence-electron chi connectivity index (χ4n) is 10.6. The SMILES string of the molecule is CC(C)CCC[C@@H](C)[C@H]1CC[C@H]2[C@@H]3CC=C4CC(OCCOCCS[C@@H]5O[C@H](CO)[C@@H](O)[C@H](O)[C@@H]5O)CC[C@]4(C)[C@H]3CC[C@]12C. The smallest absolute Gasteiger partial charge is 0.132 e. The third kappa shape index (κ3) is 7.69. The third-order valence-corrected chi connectivity index (χ3v) is 14.3. The van der Waals surface area contributed by atoms with Gasteiger partial charge in [0.15, 0.2) is 0 Å². The minimum Gasteiger partial charge on any atom is -0.394 e. The van der Waals surface area contributed by atoms with Crippen LogP contribution in [0.5, 0.6) is 0 Å². The molecule has 1 unspecified atom stereocenters. The summed E-state index contributed by atoms with van der Waals surface area (Å²) < 4.78 is 17.7. The van der Waals surface area contributed by atoms with Crippen LogP contribution in [0.3, 0.4) is 0 Å². The summed E-state index contributed by atoms with van der Waals surface area (Å²) in [6.07, 6.45) is 12.8. The third-order valence-electron chi connectivity index (χ3n) is 13.2. The van der Waals surface area contributed by atoms with Gasteiger partial charge in [0.05, 0.1) is 32.5 Å². The number of ether oxygens (including phenoxy) is 3. The summed E-state index contributed by atoms with van der Waals surface area (Å²) in [5.74, 6) is 5.74. The van der Waals surface area contributed by atoms with E-state index >= 15 is 0 Å². The number of allylic oxidation sites excluding steroid dienone is 1. The van der Waals surface area contributed by atoms with E-state index < -0.39 is 36.5 Å². The van der Waals surface area contributed by atoms with Gasteiger partial charge in [0.2, 0.25) is 0 Å². The van der Waals surface area contributed by atoms with Gasteiger partial charge in [-0.3, -0.25) is 0 Å². The van der Waals surface area contributed by atoms with Gasteiger partial charge in [-0.1, -0.05) is 65.5 Å². The Hall–Kier alpha value is -0.190. The molecule has 4 N–H and O–H groups in total. The summed E-state index contributed by atoms with van der Waals surface area (Å²) in [4.78, 5) is 0. The van der Waals surface area contributed by atoms with Crippen LogP contribution in [0.1, 0.15) is 105 Å². The Balaban J connectivity index is 1.04. The Morgan fingerprint density at radius 1 is 0.933 bits per heavy atom. The van der Waals surface area contributed by atoms with E-state index in [0.29, 0.717) is 36.4 Å². The first-order valence-electron chi connectivity index (χ1n) is 18.3. The number of thioether (sulfide) groups is 1. The summed E-state index contributed by atoms with van der Waals surface area (Å²) in [6.45, 7) is 13.7. The minimum absolute atomic E-state index is 0.268. The average Bonchev–Trinajstić information content (AvgIpc) is 3.37. The van der Waals surface area contributed by atoms with Crippen LogP contribution in [0.25, 0.3) is 0 Å². The van der Waals surface area contributed by atoms with Crippen LogP contribution in [0.15, 0.2) is 11.6 Å². The molecule has 0 spiro atoms. The highest BCUT2D eigenvalue weighted by atomic mass is 32.2. The van der Waals surface area contributed by atoms with Crippen LogP contribution >= 0.6 is 11.8 Å². The minimum atomic E-state index is -1.34. The lowest BCUT2D eigenvalue weighted by atomic mass is 9.47. The summed E-state index contributed by atoms with van der Waals surface area (Å²) in [5.41, 5.74) is 1.82. The maximum atomic E-state index is 10.2. The Bertz CT molecular complexity index is 974. The molecule has 4 aliphatic carbocycles. The quantitative estimate of drug-likeness (QED) is 0.135. The highest BCUT2D eigenvalue weighted by Gasteiger charge is 2.59. The van der Waals surface area contributed by atoms with Crippen molar-refractivity contribution in [3.05, 3.63) is 11.6 Å². The highest BCUT2D eigenvalue weighted by molar-refractivity contribution is 7.99. The van der Waals surface area contributed by atoms with Crippen LogP contribution in [-0.4, -0.2) is 88.6 Å². The standard InChI is InChI=1S/C37H64O7S/c1-23(2)7-6-8-24(3)28-11-12-29-27-10-9-25-21-26(13-15-36(25,4)30(27)14-16-37(28,29)5)43-18-17-42-19-20-45-35-34(41)33(40)32(39)31(22-38)44-35/h9,23-24,26-35,38-41H,6-8,10-22H2,1-5H3/t24-,26?,27+,28-,29+,30+,31-,32-,33+,34+,35+,36+,37-/m1/s1. The molecule has 0 radical (unpaired) electrons. The fraction of sp³-hybridized carbons (Fsp3) is 0.946. The first kappa shape index (κ1) is 36.1. The van der Waals surface area contributed by atoms with E-state index in [1.54, 1.807) is 5.57 Å². The molecule has 1 aliphatic heterocycles. The van der Waals surface area contributed by atoms with Crippen LogP contribution in [0.4, 0.5) is 0 Å². The van der Waals surface area contributed by atoms with Gasteiger partial charge < -0.3 is 34.6 Å². The van der Waals surface area contributed by atoms with Crippen LogP contribution < -0.4 is 0 Å². The van der Waals surface area contributed by atoms with Gasteiger partial charge >= 0.3 is 0 Å². The molecule has 3 saturated carbocycles. The first-order valence-corrected chi connectivity index (χ1v) is 19.4. The number of fused-ring (bicyclic) bond motifs is 5. The molecule has 7 nitrogen and oxygen atoms in total. The van der Waals surface area contributed by atoms with Gasteiger partial charge in [0.1, 0.15) is 29.9 Å². The lowest BCUT2D eigenvalue weighted by Crippen LogP contribution is -2.57. The predicted molar refractivity (Wildman–Crippen MR) is 180 cm³/mol. The monoisotopic (exact) mass is 652 g/mol. The van der Waals surface area contributed by atoms with Crippen molar-refractivity contribution in [2.75, 3.05) is 32.2 Å². The van der Waals surface area contributed by atoms with Crippen molar-refractivity contribution in [2.45, 2.75) is 141 Å². The van der Waals surface area contributed by atoms with Crippen molar-refractivity contribution in [1.29, 1.82) is 0 Å². The Morgan fingerprint density at radius 3 is 2.49 bits per heavy atom. The van der Waals surface area contributed by atoms with Crippen molar-refractivity contribution in [3.8, 4) is 0 Å². The van der Waals surface area contributed by atoms with E-state index in [-0.39, 0.29) is 6.10 Å². The molecule has 45 heavy (non-hydrogen) atoms. The predicted octanol–water partition coefficient (Wildman–Crippen LogP) is 5.96. The molecule has 0 aromatic heterocycles. The van der Waals surface area contributed by atoms with Crippen LogP contribution in [0.2, 0.25) is 0 Å². The molecular formula is C37H64O7S. The summed E-state index contributed by atoms with van der Waals surface area (Å²) in [6, 6.07) is 0. The molecule has 1 heterocycles. The van der Waals surface area contributed by atoms with Gasteiger partial charge in [-0.15, -0.1) is 11.8 Å². The number of aliphatic hydroxyl groups excluding tert-OH is 4. The molecule has 5 aliphatic rings. The van der Waals surface area contributed by atoms with E-state index in [4.69, 9.17) is 14.2 Å². The number of rotatable bonds is 14. The molecular weight excluding hydrogens is 588 g/mol. The molecule has 0 aromatic carbocycles. The topological polar surface area (TPSA) is 109 Å². The van der Waals surface area contributed by atoms with E-state index in [9.17, 15) is 20.4 Å². The summed E-state index contributed by atoms with van der Waals surface area (Å²) in [5, 5.41) is 39.4. The molecule has 0 aromatic rings.